The summed E-state index contributed by atoms with van der Waals surface area (Å²) in [4.78, 5) is 9.79. The lowest BCUT2D eigenvalue weighted by Gasteiger charge is -2.11. The molecule has 0 bridgehead atoms. The molecule has 0 atom stereocenters. The lowest BCUT2D eigenvalue weighted by molar-refractivity contribution is 1.14. The Bertz CT molecular complexity index is 1070. The van der Waals surface area contributed by atoms with Gasteiger partial charge in [-0.25, -0.2) is 9.97 Å². The summed E-state index contributed by atoms with van der Waals surface area (Å²) in [5.74, 6) is 0.718. The largest absolute Gasteiger partial charge is 0.338 e. The van der Waals surface area contributed by atoms with E-state index in [0.29, 0.717) is 10.0 Å². The minimum absolute atomic E-state index is 0.477. The lowest BCUT2D eigenvalue weighted by atomic mass is 10.0. The summed E-state index contributed by atoms with van der Waals surface area (Å²) >= 11 is 14.1. The van der Waals surface area contributed by atoms with E-state index in [0.717, 1.165) is 39.3 Å². The first kappa shape index (κ1) is 17.3. The summed E-state index contributed by atoms with van der Waals surface area (Å²) in [5, 5.41) is 7.39. The molecule has 2 aromatic heterocycles. The summed E-state index contributed by atoms with van der Waals surface area (Å²) in [6.45, 7) is 2.15. The molecule has 4 rings (SSSR count). The molecule has 3 nitrogen and oxygen atoms in total. The third-order valence-electron chi connectivity index (χ3n) is 4.25. The summed E-state index contributed by atoms with van der Waals surface area (Å²) in [5.41, 5.74) is 4.28. The van der Waals surface area contributed by atoms with Gasteiger partial charge in [0.05, 0.1) is 21.1 Å². The number of aromatic nitrogens is 2. The van der Waals surface area contributed by atoms with Crippen molar-refractivity contribution < 1.29 is 0 Å². The molecule has 0 saturated heterocycles. The molecule has 130 valence electrons. The lowest BCUT2D eigenvalue weighted by Crippen LogP contribution is -1.96. The Morgan fingerprint density at radius 3 is 2.62 bits per heavy atom. The Hall–Kier alpha value is -2.14. The molecule has 2 heterocycles. The Kier molecular flexibility index (Phi) is 4.81. The number of aryl methyl sites for hydroxylation is 1. The van der Waals surface area contributed by atoms with Gasteiger partial charge in [-0.2, -0.15) is 0 Å². The van der Waals surface area contributed by atoms with Crippen molar-refractivity contribution in [2.75, 3.05) is 5.32 Å². The molecule has 0 aliphatic rings. The van der Waals surface area contributed by atoms with Crippen LogP contribution in [0.15, 0.2) is 54.2 Å². The van der Waals surface area contributed by atoms with Crippen LogP contribution in [0.5, 0.6) is 0 Å². The molecule has 0 radical (unpaired) electrons. The van der Waals surface area contributed by atoms with Crippen LogP contribution in [0.4, 0.5) is 11.5 Å². The predicted octanol–water partition coefficient (Wildman–Crippen LogP) is 6.97. The average molecular weight is 400 g/mol. The van der Waals surface area contributed by atoms with Crippen molar-refractivity contribution in [2.45, 2.75) is 13.3 Å². The first-order valence-corrected chi connectivity index (χ1v) is 9.83. The van der Waals surface area contributed by atoms with Gasteiger partial charge in [-0.1, -0.05) is 60.5 Å². The van der Waals surface area contributed by atoms with Gasteiger partial charge in [0.15, 0.2) is 0 Å². The second-order valence-corrected chi connectivity index (χ2v) is 7.47. The number of rotatable bonds is 4. The van der Waals surface area contributed by atoms with Crippen molar-refractivity contribution in [1.29, 1.82) is 0 Å². The smallest absolute Gasteiger partial charge is 0.143 e. The Morgan fingerprint density at radius 1 is 1.04 bits per heavy atom. The zero-order valence-electron chi connectivity index (χ0n) is 14.0. The Morgan fingerprint density at radius 2 is 1.85 bits per heavy atom. The molecule has 0 spiro atoms. The highest BCUT2D eigenvalue weighted by Gasteiger charge is 2.14. The number of nitrogens with zero attached hydrogens (tertiary/aromatic N) is 2. The van der Waals surface area contributed by atoms with Crippen molar-refractivity contribution in [3.05, 3.63) is 69.8 Å². The number of hydrogen-bond donors (Lipinski definition) is 1. The monoisotopic (exact) mass is 399 g/mol. The van der Waals surface area contributed by atoms with E-state index in [4.69, 9.17) is 23.2 Å². The summed E-state index contributed by atoms with van der Waals surface area (Å²) in [6.07, 6.45) is 2.58. The van der Waals surface area contributed by atoms with Gasteiger partial charge in [0.25, 0.3) is 0 Å². The van der Waals surface area contributed by atoms with E-state index in [9.17, 15) is 0 Å². The molecule has 0 saturated carbocycles. The Balaban J connectivity index is 1.82. The third-order valence-corrected chi connectivity index (χ3v) is 5.95. The fraction of sp³-hybridized carbons (Fsp3) is 0.100. The van der Waals surface area contributed by atoms with Gasteiger partial charge < -0.3 is 5.32 Å². The van der Waals surface area contributed by atoms with E-state index < -0.39 is 0 Å². The molecule has 0 aliphatic carbocycles. The van der Waals surface area contributed by atoms with Crippen LogP contribution >= 0.6 is 34.5 Å². The van der Waals surface area contributed by atoms with E-state index >= 15 is 0 Å². The predicted molar refractivity (Wildman–Crippen MR) is 112 cm³/mol. The van der Waals surface area contributed by atoms with Gasteiger partial charge in [0.1, 0.15) is 17.0 Å². The van der Waals surface area contributed by atoms with E-state index in [1.807, 2.05) is 12.1 Å². The van der Waals surface area contributed by atoms with Crippen LogP contribution in [-0.4, -0.2) is 9.97 Å². The van der Waals surface area contributed by atoms with Crippen molar-refractivity contribution >= 4 is 56.3 Å². The number of fused-ring (bicyclic) bond motifs is 1. The van der Waals surface area contributed by atoms with Gasteiger partial charge >= 0.3 is 0 Å². The molecule has 6 heteroatoms. The summed E-state index contributed by atoms with van der Waals surface area (Å²) in [7, 11) is 0. The second-order valence-electron chi connectivity index (χ2n) is 5.83. The van der Waals surface area contributed by atoms with Gasteiger partial charge in [-0.15, -0.1) is 11.3 Å². The Labute approximate surface area is 165 Å². The first-order valence-electron chi connectivity index (χ1n) is 8.20. The standard InChI is InChI=1S/C20H15Cl2N3S/c1-2-12-6-8-13(9-7-12)14-10-26-20-17(14)19(23-11-24-20)25-16-5-3-4-15(21)18(16)22/h3-11H,2H2,1H3,(H,23,24,25). The number of anilines is 2. The van der Waals surface area contributed by atoms with Crippen molar-refractivity contribution in [2.24, 2.45) is 0 Å². The minimum atomic E-state index is 0.477. The van der Waals surface area contributed by atoms with Crippen LogP contribution in [-0.2, 0) is 6.42 Å². The first-order chi connectivity index (χ1) is 12.7. The average Bonchev–Trinajstić information content (AvgIpc) is 3.11. The summed E-state index contributed by atoms with van der Waals surface area (Å²) < 4.78 is 0. The minimum Gasteiger partial charge on any atom is -0.338 e. The van der Waals surface area contributed by atoms with Crippen LogP contribution in [0.2, 0.25) is 10.0 Å². The molecule has 0 fully saturated rings. The van der Waals surface area contributed by atoms with E-state index in [1.54, 1.807) is 23.7 Å². The van der Waals surface area contributed by atoms with Gasteiger partial charge in [-0.3, -0.25) is 0 Å². The van der Waals surface area contributed by atoms with Crippen LogP contribution < -0.4 is 5.32 Å². The van der Waals surface area contributed by atoms with Gasteiger partial charge in [-0.05, 0) is 29.7 Å². The number of halogens is 2. The molecule has 0 amide bonds. The molecule has 1 N–H and O–H groups in total. The zero-order chi connectivity index (χ0) is 18.1. The quantitative estimate of drug-likeness (QED) is 0.402. The van der Waals surface area contributed by atoms with E-state index in [-0.39, 0.29) is 0 Å². The topological polar surface area (TPSA) is 37.8 Å². The SMILES string of the molecule is CCc1ccc(-c2csc3ncnc(Nc4cccc(Cl)c4Cl)c23)cc1. The van der Waals surface area contributed by atoms with E-state index in [2.05, 4.69) is 51.9 Å². The molecular weight excluding hydrogens is 385 g/mol. The van der Waals surface area contributed by atoms with Crippen LogP contribution in [0, 0.1) is 0 Å². The maximum absolute atomic E-state index is 6.32. The summed E-state index contributed by atoms with van der Waals surface area (Å²) in [6, 6.07) is 14.1. The highest BCUT2D eigenvalue weighted by Crippen LogP contribution is 2.39. The number of thiophene rings is 1. The maximum atomic E-state index is 6.32. The fourth-order valence-electron chi connectivity index (χ4n) is 2.83. The highest BCUT2D eigenvalue weighted by atomic mass is 35.5. The van der Waals surface area contributed by atoms with E-state index in [1.165, 1.54) is 5.56 Å². The van der Waals surface area contributed by atoms with Gasteiger partial charge in [0.2, 0.25) is 0 Å². The van der Waals surface area contributed by atoms with Gasteiger partial charge in [0, 0.05) is 10.9 Å². The molecule has 0 aliphatic heterocycles. The number of hydrogen-bond acceptors (Lipinski definition) is 4. The number of nitrogens with one attached hydrogen (secondary N) is 1. The molecule has 0 unspecified atom stereocenters. The van der Waals surface area contributed by atoms with Crippen LogP contribution in [0.3, 0.4) is 0 Å². The fourth-order valence-corrected chi connectivity index (χ4v) is 4.09. The molecule has 2 aromatic carbocycles. The molecule has 4 aromatic rings. The molecule has 26 heavy (non-hydrogen) atoms. The second kappa shape index (κ2) is 7.23. The van der Waals surface area contributed by atoms with Crippen LogP contribution in [0.1, 0.15) is 12.5 Å². The normalized spacial score (nSPS) is 11.0. The number of benzene rings is 2. The molecular formula is C20H15Cl2N3S. The van der Waals surface area contributed by atoms with Crippen molar-refractivity contribution in [3.8, 4) is 11.1 Å². The maximum Gasteiger partial charge on any atom is 0.143 e. The zero-order valence-corrected chi connectivity index (χ0v) is 16.3. The van der Waals surface area contributed by atoms with Crippen LogP contribution in [0.25, 0.3) is 21.3 Å². The third kappa shape index (κ3) is 3.16. The van der Waals surface area contributed by atoms with Crippen molar-refractivity contribution in [1.82, 2.24) is 9.97 Å². The van der Waals surface area contributed by atoms with Crippen molar-refractivity contribution in [3.63, 3.8) is 0 Å². The highest BCUT2D eigenvalue weighted by molar-refractivity contribution is 7.17.